The zero-order chi connectivity index (χ0) is 26.4. The molecule has 194 valence electrons. The third-order valence-corrected chi connectivity index (χ3v) is 8.29. The predicted octanol–water partition coefficient (Wildman–Crippen LogP) is 4.28. The highest BCUT2D eigenvalue weighted by Gasteiger charge is 2.28. The molecule has 0 aromatic heterocycles. The molecule has 4 rings (SSSR count). The molecule has 0 saturated carbocycles. The van der Waals surface area contributed by atoms with Gasteiger partial charge < -0.3 is 10.1 Å². The molecule has 1 amide bonds. The molecule has 3 aromatic carbocycles. The summed E-state index contributed by atoms with van der Waals surface area (Å²) >= 11 is 6.24. The summed E-state index contributed by atoms with van der Waals surface area (Å²) in [5.41, 5.74) is 2.20. The number of sulfonamides is 1. The lowest BCUT2D eigenvalue weighted by molar-refractivity contribution is 0.0526. The number of anilines is 1. The number of carbonyl (C=O) groups excluding carboxylic acids is 2. The summed E-state index contributed by atoms with van der Waals surface area (Å²) in [4.78, 5) is 27.1. The molecule has 1 fully saturated rings. The van der Waals surface area contributed by atoms with Crippen LogP contribution in [0.3, 0.4) is 0 Å². The van der Waals surface area contributed by atoms with Gasteiger partial charge in [-0.15, -0.1) is 0 Å². The average molecular weight is 542 g/mol. The molecule has 1 N–H and O–H groups in total. The van der Waals surface area contributed by atoms with Crippen molar-refractivity contribution < 1.29 is 22.7 Å². The van der Waals surface area contributed by atoms with Crippen molar-refractivity contribution in [1.29, 1.82) is 0 Å². The van der Waals surface area contributed by atoms with Gasteiger partial charge in [-0.2, -0.15) is 4.31 Å². The molecule has 1 aliphatic rings. The van der Waals surface area contributed by atoms with Crippen LogP contribution in [-0.4, -0.2) is 62.3 Å². The number of esters is 1. The molecule has 10 heteroatoms. The van der Waals surface area contributed by atoms with Gasteiger partial charge in [0.05, 0.1) is 27.8 Å². The summed E-state index contributed by atoms with van der Waals surface area (Å²) in [5.74, 6) is -0.797. The van der Waals surface area contributed by atoms with Crippen LogP contribution in [0.5, 0.6) is 0 Å². The number of halogens is 1. The van der Waals surface area contributed by atoms with Crippen molar-refractivity contribution >= 4 is 39.2 Å². The Hall–Kier alpha value is -3.24. The highest BCUT2D eigenvalue weighted by atomic mass is 35.5. The molecule has 0 atom stereocenters. The van der Waals surface area contributed by atoms with Crippen LogP contribution in [0.4, 0.5) is 5.69 Å². The normalized spacial score (nSPS) is 14.8. The summed E-state index contributed by atoms with van der Waals surface area (Å²) in [6.07, 6.45) is 0. The van der Waals surface area contributed by atoms with E-state index in [0.717, 1.165) is 5.56 Å². The van der Waals surface area contributed by atoms with Crippen molar-refractivity contribution in [3.05, 3.63) is 94.5 Å². The van der Waals surface area contributed by atoms with Crippen molar-refractivity contribution in [1.82, 2.24) is 9.21 Å². The maximum absolute atomic E-state index is 12.8. The van der Waals surface area contributed by atoms with E-state index in [9.17, 15) is 18.0 Å². The van der Waals surface area contributed by atoms with Crippen LogP contribution >= 0.6 is 11.6 Å². The van der Waals surface area contributed by atoms with E-state index in [2.05, 4.69) is 10.2 Å². The van der Waals surface area contributed by atoms with E-state index in [4.69, 9.17) is 16.3 Å². The Balaban J connectivity index is 1.31. The molecule has 0 aliphatic carbocycles. The maximum Gasteiger partial charge on any atom is 0.338 e. The molecule has 3 aromatic rings. The second kappa shape index (κ2) is 11.9. The first kappa shape index (κ1) is 26.8. The monoisotopic (exact) mass is 541 g/mol. The lowest BCUT2D eigenvalue weighted by Crippen LogP contribution is -2.48. The highest BCUT2D eigenvalue weighted by molar-refractivity contribution is 7.89. The largest absolute Gasteiger partial charge is 0.462 e. The van der Waals surface area contributed by atoms with Crippen molar-refractivity contribution in [2.45, 2.75) is 18.4 Å². The third-order valence-electron chi connectivity index (χ3n) is 6.06. The third kappa shape index (κ3) is 6.56. The van der Waals surface area contributed by atoms with Crippen LogP contribution in [0.15, 0.2) is 77.7 Å². The van der Waals surface area contributed by atoms with Crippen molar-refractivity contribution in [3.63, 3.8) is 0 Å². The van der Waals surface area contributed by atoms with Gasteiger partial charge in [0.2, 0.25) is 10.0 Å². The quantitative estimate of drug-likeness (QED) is 0.428. The minimum absolute atomic E-state index is 0.240. The van der Waals surface area contributed by atoms with Crippen LogP contribution in [0, 0.1) is 0 Å². The second-order valence-corrected chi connectivity index (χ2v) is 10.9. The zero-order valence-corrected chi connectivity index (χ0v) is 22.0. The first-order chi connectivity index (χ1) is 17.8. The van der Waals surface area contributed by atoms with Crippen molar-refractivity contribution in [2.75, 3.05) is 38.1 Å². The number of hydrogen-bond acceptors (Lipinski definition) is 6. The number of piperazine rings is 1. The fourth-order valence-corrected chi connectivity index (χ4v) is 5.71. The SMILES string of the molecule is CCOC(=O)c1ccc(NC(=O)c2ccc(CN3CCN(S(=O)(=O)c4ccccc4)CC3)cc2)c(Cl)c1. The van der Waals surface area contributed by atoms with Crippen LogP contribution < -0.4 is 5.32 Å². The minimum Gasteiger partial charge on any atom is -0.462 e. The fraction of sp³-hybridized carbons (Fsp3) is 0.259. The fourth-order valence-electron chi connectivity index (χ4n) is 4.04. The van der Waals surface area contributed by atoms with E-state index >= 15 is 0 Å². The first-order valence-corrected chi connectivity index (χ1v) is 13.7. The number of hydrogen-bond donors (Lipinski definition) is 1. The zero-order valence-electron chi connectivity index (χ0n) is 20.4. The lowest BCUT2D eigenvalue weighted by atomic mass is 10.1. The summed E-state index contributed by atoms with van der Waals surface area (Å²) in [6, 6.07) is 20.3. The van der Waals surface area contributed by atoms with Gasteiger partial charge in [-0.1, -0.05) is 41.9 Å². The maximum atomic E-state index is 12.8. The topological polar surface area (TPSA) is 96.0 Å². The number of rotatable bonds is 8. The van der Waals surface area contributed by atoms with Crippen molar-refractivity contribution in [3.8, 4) is 0 Å². The van der Waals surface area contributed by atoms with E-state index in [-0.39, 0.29) is 17.5 Å². The molecule has 1 heterocycles. The van der Waals surface area contributed by atoms with Gasteiger partial charge >= 0.3 is 5.97 Å². The van der Waals surface area contributed by atoms with Gasteiger partial charge in [-0.3, -0.25) is 9.69 Å². The predicted molar refractivity (Wildman–Crippen MR) is 142 cm³/mol. The Kier molecular flexibility index (Phi) is 8.60. The summed E-state index contributed by atoms with van der Waals surface area (Å²) in [7, 11) is -3.48. The molecule has 1 saturated heterocycles. The molecule has 8 nitrogen and oxygen atoms in total. The number of nitrogens with zero attached hydrogens (tertiary/aromatic N) is 2. The van der Waals surface area contributed by atoms with E-state index in [1.165, 1.54) is 10.4 Å². The minimum atomic E-state index is -3.48. The van der Waals surface area contributed by atoms with Gasteiger partial charge in [-0.05, 0) is 55.0 Å². The van der Waals surface area contributed by atoms with Gasteiger partial charge in [0.25, 0.3) is 5.91 Å². The number of ether oxygens (including phenoxy) is 1. The lowest BCUT2D eigenvalue weighted by Gasteiger charge is -2.34. The van der Waals surface area contributed by atoms with Gasteiger partial charge in [0, 0.05) is 38.3 Å². The summed E-state index contributed by atoms with van der Waals surface area (Å²) in [5, 5.41) is 3.00. The van der Waals surface area contributed by atoms with Gasteiger partial charge in [0.1, 0.15) is 0 Å². The standard InChI is InChI=1S/C27H28ClN3O5S/c1-2-36-27(33)22-12-13-25(24(28)18-22)29-26(32)21-10-8-20(9-11-21)19-30-14-16-31(17-15-30)37(34,35)23-6-4-3-5-7-23/h3-13,18H,2,14-17,19H2,1H3,(H,29,32). The number of carbonyl (C=O) groups is 2. The van der Waals surface area contributed by atoms with Crippen LogP contribution in [0.2, 0.25) is 5.02 Å². The first-order valence-electron chi connectivity index (χ1n) is 11.9. The van der Waals surface area contributed by atoms with E-state index in [1.54, 1.807) is 61.5 Å². The molecule has 0 spiro atoms. The van der Waals surface area contributed by atoms with E-state index in [1.807, 2.05) is 12.1 Å². The van der Waals surface area contributed by atoms with Gasteiger partial charge in [-0.25, -0.2) is 13.2 Å². The Bertz CT molecular complexity index is 1360. The van der Waals surface area contributed by atoms with Gasteiger partial charge in [0.15, 0.2) is 0 Å². The van der Waals surface area contributed by atoms with Crippen LogP contribution in [0.25, 0.3) is 0 Å². The number of nitrogens with one attached hydrogen (secondary N) is 1. The Morgan fingerprint density at radius 3 is 2.19 bits per heavy atom. The van der Waals surface area contributed by atoms with Crippen LogP contribution in [0.1, 0.15) is 33.2 Å². The Labute approximate surface area is 221 Å². The van der Waals surface area contributed by atoms with Crippen LogP contribution in [-0.2, 0) is 21.3 Å². The average Bonchev–Trinajstić information content (AvgIpc) is 2.91. The molecular formula is C27H28ClN3O5S. The van der Waals surface area contributed by atoms with E-state index < -0.39 is 16.0 Å². The highest BCUT2D eigenvalue weighted by Crippen LogP contribution is 2.24. The summed E-state index contributed by atoms with van der Waals surface area (Å²) in [6.45, 7) is 4.72. The summed E-state index contributed by atoms with van der Waals surface area (Å²) < 4.78 is 32.1. The Morgan fingerprint density at radius 2 is 1.57 bits per heavy atom. The molecule has 37 heavy (non-hydrogen) atoms. The smallest absolute Gasteiger partial charge is 0.338 e. The molecular weight excluding hydrogens is 514 g/mol. The number of amides is 1. The molecule has 0 unspecified atom stereocenters. The Morgan fingerprint density at radius 1 is 0.919 bits per heavy atom. The number of benzene rings is 3. The molecule has 1 aliphatic heterocycles. The molecule has 0 bridgehead atoms. The second-order valence-electron chi connectivity index (χ2n) is 8.56. The molecule has 0 radical (unpaired) electrons. The van der Waals surface area contributed by atoms with Crippen molar-refractivity contribution in [2.24, 2.45) is 0 Å². The van der Waals surface area contributed by atoms with E-state index in [0.29, 0.717) is 54.4 Å².